The molecule has 4 rings (SSSR count). The fourth-order valence-corrected chi connectivity index (χ4v) is 4.63. The summed E-state index contributed by atoms with van der Waals surface area (Å²) in [5.41, 5.74) is 2.82. The molecule has 0 spiro atoms. The summed E-state index contributed by atoms with van der Waals surface area (Å²) in [6.45, 7) is 2.53. The maximum Gasteiger partial charge on any atom is 0.321 e. The number of nitrogens with one attached hydrogen (secondary N) is 2. The molecule has 0 saturated carbocycles. The second-order valence-corrected chi connectivity index (χ2v) is 8.33. The zero-order valence-corrected chi connectivity index (χ0v) is 18.4. The highest BCUT2D eigenvalue weighted by molar-refractivity contribution is 7.14. The number of piperidine rings is 1. The molecule has 0 bridgehead atoms. The van der Waals surface area contributed by atoms with Crippen molar-refractivity contribution in [2.45, 2.75) is 25.3 Å². The molecule has 8 heteroatoms. The molecule has 1 aliphatic heterocycles. The number of hydrogen-bond acceptors (Lipinski definition) is 6. The Bertz CT molecular complexity index is 988. The van der Waals surface area contributed by atoms with E-state index in [9.17, 15) is 4.79 Å². The standard InChI is InChI=1S/C23H27N5O2S/c1-30-21-10-4-3-9-18(21)20(28-12-5-2-6-13-28)15-25-22(29)27-23-26-19(16-31-23)17-8-7-11-24-14-17/h3-4,7-11,14,16,20H,2,5-6,12-13,15H2,1H3,(H2,25,26,27,29). The fraction of sp³-hybridized carbons (Fsp3) is 0.348. The Morgan fingerprint density at radius 1 is 1.19 bits per heavy atom. The van der Waals surface area contributed by atoms with E-state index < -0.39 is 0 Å². The Hall–Kier alpha value is -2.97. The SMILES string of the molecule is COc1ccccc1C(CNC(=O)Nc1nc(-c2cccnc2)cs1)N1CCCCC1. The van der Waals surface area contributed by atoms with Crippen molar-refractivity contribution < 1.29 is 9.53 Å². The smallest absolute Gasteiger partial charge is 0.321 e. The number of urea groups is 1. The van der Waals surface area contributed by atoms with Gasteiger partial charge in [0.1, 0.15) is 5.75 Å². The minimum atomic E-state index is -0.260. The number of carbonyl (C=O) groups excluding carboxylic acids is 1. The number of nitrogens with zero attached hydrogens (tertiary/aromatic N) is 3. The Balaban J connectivity index is 1.42. The van der Waals surface area contributed by atoms with Crippen molar-refractivity contribution in [3.63, 3.8) is 0 Å². The van der Waals surface area contributed by atoms with Crippen LogP contribution in [0.15, 0.2) is 54.2 Å². The van der Waals surface area contributed by atoms with Crippen LogP contribution in [0.3, 0.4) is 0 Å². The van der Waals surface area contributed by atoms with Crippen molar-refractivity contribution >= 4 is 22.5 Å². The van der Waals surface area contributed by atoms with Crippen LogP contribution in [0, 0.1) is 0 Å². The maximum absolute atomic E-state index is 12.6. The van der Waals surface area contributed by atoms with E-state index >= 15 is 0 Å². The van der Waals surface area contributed by atoms with Crippen LogP contribution in [0.25, 0.3) is 11.3 Å². The number of methoxy groups -OCH3 is 1. The van der Waals surface area contributed by atoms with Gasteiger partial charge in [-0.1, -0.05) is 24.6 Å². The highest BCUT2D eigenvalue weighted by atomic mass is 32.1. The van der Waals surface area contributed by atoms with E-state index in [1.165, 1.54) is 30.6 Å². The molecular weight excluding hydrogens is 410 g/mol. The summed E-state index contributed by atoms with van der Waals surface area (Å²) in [7, 11) is 1.69. The van der Waals surface area contributed by atoms with Crippen LogP contribution in [0.4, 0.5) is 9.93 Å². The molecule has 0 aliphatic carbocycles. The maximum atomic E-state index is 12.6. The molecule has 3 aromatic rings. The first-order valence-corrected chi connectivity index (χ1v) is 11.4. The third-order valence-corrected chi connectivity index (χ3v) is 6.22. The molecule has 1 saturated heterocycles. The Morgan fingerprint density at radius 3 is 2.81 bits per heavy atom. The molecule has 1 fully saturated rings. The van der Waals surface area contributed by atoms with Gasteiger partial charge in [0.05, 0.1) is 18.8 Å². The number of thiazole rings is 1. The second-order valence-electron chi connectivity index (χ2n) is 7.47. The molecule has 162 valence electrons. The minimum Gasteiger partial charge on any atom is -0.496 e. The van der Waals surface area contributed by atoms with Gasteiger partial charge in [-0.3, -0.25) is 15.2 Å². The summed E-state index contributed by atoms with van der Waals surface area (Å²) in [4.78, 5) is 23.7. The lowest BCUT2D eigenvalue weighted by Crippen LogP contribution is -2.41. The normalized spacial score (nSPS) is 15.3. The largest absolute Gasteiger partial charge is 0.496 e. The van der Waals surface area contributed by atoms with Gasteiger partial charge in [0, 0.05) is 35.4 Å². The first-order chi connectivity index (χ1) is 15.2. The number of amides is 2. The van der Waals surface area contributed by atoms with Gasteiger partial charge in [0.2, 0.25) is 0 Å². The summed E-state index contributed by atoms with van der Waals surface area (Å²) in [5.74, 6) is 0.848. The number of pyridine rings is 1. The van der Waals surface area contributed by atoms with E-state index in [2.05, 4.69) is 31.6 Å². The molecule has 31 heavy (non-hydrogen) atoms. The van der Waals surface area contributed by atoms with Crippen LogP contribution in [-0.4, -0.2) is 47.6 Å². The molecule has 1 aromatic carbocycles. The average Bonchev–Trinajstić information content (AvgIpc) is 3.29. The van der Waals surface area contributed by atoms with Gasteiger partial charge < -0.3 is 10.1 Å². The van der Waals surface area contributed by atoms with Crippen molar-refractivity contribution in [1.82, 2.24) is 20.2 Å². The van der Waals surface area contributed by atoms with Crippen LogP contribution in [-0.2, 0) is 0 Å². The van der Waals surface area contributed by atoms with Crippen molar-refractivity contribution in [3.05, 3.63) is 59.7 Å². The molecule has 7 nitrogen and oxygen atoms in total. The van der Waals surface area contributed by atoms with Gasteiger partial charge in [-0.25, -0.2) is 9.78 Å². The van der Waals surface area contributed by atoms with E-state index in [0.717, 1.165) is 35.7 Å². The first kappa shape index (κ1) is 21.3. The lowest BCUT2D eigenvalue weighted by Gasteiger charge is -2.35. The summed E-state index contributed by atoms with van der Waals surface area (Å²) in [5, 5.41) is 8.37. The monoisotopic (exact) mass is 437 g/mol. The highest BCUT2D eigenvalue weighted by Gasteiger charge is 2.25. The number of para-hydroxylation sites is 1. The molecule has 1 atom stereocenters. The lowest BCUT2D eigenvalue weighted by molar-refractivity contribution is 0.158. The topological polar surface area (TPSA) is 79.4 Å². The molecule has 1 unspecified atom stereocenters. The third kappa shape index (κ3) is 5.39. The third-order valence-electron chi connectivity index (χ3n) is 5.47. The average molecular weight is 438 g/mol. The second kappa shape index (κ2) is 10.4. The number of hydrogen-bond donors (Lipinski definition) is 2. The van der Waals surface area contributed by atoms with Crippen molar-refractivity contribution in [2.75, 3.05) is 32.1 Å². The van der Waals surface area contributed by atoms with E-state index in [1.54, 1.807) is 19.5 Å². The molecular formula is C23H27N5O2S. The van der Waals surface area contributed by atoms with Crippen LogP contribution < -0.4 is 15.4 Å². The number of carbonyl (C=O) groups is 1. The van der Waals surface area contributed by atoms with Gasteiger partial charge in [-0.2, -0.15) is 0 Å². The molecule has 2 amide bonds. The summed E-state index contributed by atoms with van der Waals surface area (Å²) in [6.07, 6.45) is 7.09. The van der Waals surface area contributed by atoms with Gasteiger partial charge in [-0.15, -0.1) is 11.3 Å². The zero-order chi connectivity index (χ0) is 21.5. The van der Waals surface area contributed by atoms with Gasteiger partial charge in [0.25, 0.3) is 0 Å². The number of ether oxygens (including phenoxy) is 1. The molecule has 3 heterocycles. The summed E-state index contributed by atoms with van der Waals surface area (Å²) < 4.78 is 5.60. The van der Waals surface area contributed by atoms with Crippen molar-refractivity contribution in [2.24, 2.45) is 0 Å². The van der Waals surface area contributed by atoms with Gasteiger partial charge in [-0.05, 0) is 44.1 Å². The summed E-state index contributed by atoms with van der Waals surface area (Å²) >= 11 is 1.40. The van der Waals surface area contributed by atoms with E-state index in [1.807, 2.05) is 35.7 Å². The molecule has 1 aliphatic rings. The van der Waals surface area contributed by atoms with Gasteiger partial charge in [0.15, 0.2) is 5.13 Å². The first-order valence-electron chi connectivity index (χ1n) is 10.5. The summed E-state index contributed by atoms with van der Waals surface area (Å²) in [6, 6.07) is 11.7. The van der Waals surface area contributed by atoms with Crippen molar-refractivity contribution in [1.29, 1.82) is 0 Å². The predicted molar refractivity (Wildman–Crippen MR) is 124 cm³/mol. The Kier molecular flexibility index (Phi) is 7.11. The Morgan fingerprint density at radius 2 is 2.03 bits per heavy atom. The van der Waals surface area contributed by atoms with Gasteiger partial charge >= 0.3 is 6.03 Å². The van der Waals surface area contributed by atoms with E-state index in [4.69, 9.17) is 4.74 Å². The van der Waals surface area contributed by atoms with E-state index in [-0.39, 0.29) is 12.1 Å². The zero-order valence-electron chi connectivity index (χ0n) is 17.6. The number of anilines is 1. The number of rotatable bonds is 7. The minimum absolute atomic E-state index is 0.0597. The van der Waals surface area contributed by atoms with E-state index in [0.29, 0.717) is 11.7 Å². The number of likely N-dealkylation sites (tertiary alicyclic amines) is 1. The van der Waals surface area contributed by atoms with Crippen LogP contribution in [0.1, 0.15) is 30.9 Å². The fourth-order valence-electron chi connectivity index (χ4n) is 3.92. The van der Waals surface area contributed by atoms with Crippen LogP contribution in [0.5, 0.6) is 5.75 Å². The Labute approximate surface area is 186 Å². The molecule has 0 radical (unpaired) electrons. The van der Waals surface area contributed by atoms with Crippen molar-refractivity contribution in [3.8, 4) is 17.0 Å². The molecule has 2 aromatic heterocycles. The highest BCUT2D eigenvalue weighted by Crippen LogP contribution is 2.31. The number of aromatic nitrogens is 2. The lowest BCUT2D eigenvalue weighted by atomic mass is 10.0. The predicted octanol–water partition coefficient (Wildman–Crippen LogP) is 4.56. The molecule has 2 N–H and O–H groups in total. The quantitative estimate of drug-likeness (QED) is 0.566. The van der Waals surface area contributed by atoms with Crippen LogP contribution in [0.2, 0.25) is 0 Å². The number of benzene rings is 1. The van der Waals surface area contributed by atoms with Crippen LogP contribution >= 0.6 is 11.3 Å².